The molecule has 0 aliphatic heterocycles. The Balaban J connectivity index is 1.80. The number of nitrogens with zero attached hydrogens (tertiary/aromatic N) is 2. The Kier molecular flexibility index (Phi) is 6.09. The molecular formula is C15H23N3O4S. The van der Waals surface area contributed by atoms with Crippen molar-refractivity contribution in [1.29, 1.82) is 0 Å². The lowest BCUT2D eigenvalue weighted by molar-refractivity contribution is -0.384. The van der Waals surface area contributed by atoms with Crippen LogP contribution in [0.4, 0.5) is 5.69 Å². The first-order valence-corrected chi connectivity index (χ1v) is 9.43. The van der Waals surface area contributed by atoms with Crippen molar-refractivity contribution in [2.75, 3.05) is 20.1 Å². The van der Waals surface area contributed by atoms with Gasteiger partial charge in [-0.15, -0.1) is 0 Å². The number of benzene rings is 1. The van der Waals surface area contributed by atoms with E-state index in [4.69, 9.17) is 0 Å². The lowest BCUT2D eigenvalue weighted by Crippen LogP contribution is -2.37. The summed E-state index contributed by atoms with van der Waals surface area (Å²) in [5, 5.41) is 10.6. The second kappa shape index (κ2) is 7.85. The third-order valence-corrected chi connectivity index (χ3v) is 5.60. The van der Waals surface area contributed by atoms with Crippen molar-refractivity contribution in [2.45, 2.75) is 37.5 Å². The molecule has 1 saturated carbocycles. The number of hydrogen-bond donors (Lipinski definition) is 1. The first-order chi connectivity index (χ1) is 10.9. The van der Waals surface area contributed by atoms with Crippen molar-refractivity contribution in [1.82, 2.24) is 9.62 Å². The zero-order valence-electron chi connectivity index (χ0n) is 13.3. The molecule has 2 rings (SSSR count). The molecule has 8 heteroatoms. The lowest BCUT2D eigenvalue weighted by atomic mass is 10.2. The minimum Gasteiger partial charge on any atom is -0.302 e. The molecule has 23 heavy (non-hydrogen) atoms. The number of nitro groups is 1. The Hall–Kier alpha value is -1.51. The van der Waals surface area contributed by atoms with Crippen molar-refractivity contribution in [3.05, 3.63) is 39.9 Å². The van der Waals surface area contributed by atoms with Crippen LogP contribution in [0.3, 0.4) is 0 Å². The highest BCUT2D eigenvalue weighted by molar-refractivity contribution is 7.88. The van der Waals surface area contributed by atoms with E-state index in [2.05, 4.69) is 9.62 Å². The summed E-state index contributed by atoms with van der Waals surface area (Å²) in [6.07, 6.45) is 4.87. The highest BCUT2D eigenvalue weighted by Gasteiger charge is 2.19. The number of rotatable bonds is 8. The molecule has 128 valence electrons. The van der Waals surface area contributed by atoms with E-state index in [0.717, 1.165) is 0 Å². The summed E-state index contributed by atoms with van der Waals surface area (Å²) >= 11 is 0. The predicted octanol–water partition coefficient (Wildman–Crippen LogP) is 1.89. The minimum absolute atomic E-state index is 0.0442. The van der Waals surface area contributed by atoms with E-state index in [-0.39, 0.29) is 11.4 Å². The fraction of sp³-hybridized carbons (Fsp3) is 0.600. The van der Waals surface area contributed by atoms with Gasteiger partial charge in [0.05, 0.1) is 10.7 Å². The van der Waals surface area contributed by atoms with Gasteiger partial charge in [0.25, 0.3) is 5.69 Å². The van der Waals surface area contributed by atoms with Crippen molar-refractivity contribution < 1.29 is 13.3 Å². The summed E-state index contributed by atoms with van der Waals surface area (Å²) in [7, 11) is -1.41. The standard InChI is InChI=1S/C15H23N3O4S/c1-17(14-4-2-3-5-14)11-10-16-23(21,22)12-13-6-8-15(9-7-13)18(19)20/h6-9,14,16H,2-5,10-12H2,1H3. The molecule has 0 unspecified atom stereocenters. The maximum absolute atomic E-state index is 12.1. The Morgan fingerprint density at radius 3 is 2.43 bits per heavy atom. The summed E-state index contributed by atoms with van der Waals surface area (Å²) in [5.74, 6) is -0.169. The van der Waals surface area contributed by atoms with E-state index in [1.165, 1.54) is 49.9 Å². The van der Waals surface area contributed by atoms with Crippen molar-refractivity contribution in [3.63, 3.8) is 0 Å². The van der Waals surface area contributed by atoms with E-state index < -0.39 is 14.9 Å². The Morgan fingerprint density at radius 2 is 1.87 bits per heavy atom. The largest absolute Gasteiger partial charge is 0.302 e. The van der Waals surface area contributed by atoms with Crippen LogP contribution in [0, 0.1) is 10.1 Å². The second-order valence-electron chi connectivity index (χ2n) is 6.00. The molecule has 0 heterocycles. The number of nitrogens with one attached hydrogen (secondary N) is 1. The van der Waals surface area contributed by atoms with Crippen LogP contribution in [0.5, 0.6) is 0 Å². The van der Waals surface area contributed by atoms with Crippen molar-refractivity contribution in [3.8, 4) is 0 Å². The quantitative estimate of drug-likeness (QED) is 0.576. The van der Waals surface area contributed by atoms with Crippen LogP contribution in [0.25, 0.3) is 0 Å². The van der Waals surface area contributed by atoms with Gasteiger partial charge >= 0.3 is 0 Å². The van der Waals surface area contributed by atoms with Crippen molar-refractivity contribution >= 4 is 15.7 Å². The zero-order valence-corrected chi connectivity index (χ0v) is 14.1. The molecule has 0 amide bonds. The monoisotopic (exact) mass is 341 g/mol. The molecule has 1 aromatic carbocycles. The van der Waals surface area contributed by atoms with Gasteiger partial charge in [-0.25, -0.2) is 13.1 Å². The summed E-state index contributed by atoms with van der Waals surface area (Å²) in [6, 6.07) is 6.15. The average Bonchev–Trinajstić information content (AvgIpc) is 3.01. The molecule has 0 saturated heterocycles. The first kappa shape index (κ1) is 17.8. The molecule has 0 atom stereocenters. The molecule has 1 aromatic rings. The van der Waals surface area contributed by atoms with E-state index in [9.17, 15) is 18.5 Å². The smallest absolute Gasteiger partial charge is 0.269 e. The second-order valence-corrected chi connectivity index (χ2v) is 7.80. The molecule has 0 bridgehead atoms. The van der Waals surface area contributed by atoms with Gasteiger partial charge in [-0.3, -0.25) is 10.1 Å². The molecule has 0 radical (unpaired) electrons. The van der Waals surface area contributed by atoms with Gasteiger partial charge < -0.3 is 4.90 Å². The van der Waals surface area contributed by atoms with Crippen LogP contribution in [0.15, 0.2) is 24.3 Å². The van der Waals surface area contributed by atoms with Crippen LogP contribution in [0.1, 0.15) is 31.2 Å². The lowest BCUT2D eigenvalue weighted by Gasteiger charge is -2.23. The number of nitro benzene ring substituents is 1. The first-order valence-electron chi connectivity index (χ1n) is 7.78. The number of sulfonamides is 1. The van der Waals surface area contributed by atoms with E-state index in [1.54, 1.807) is 0 Å². The Bertz CT molecular complexity index is 625. The maximum atomic E-state index is 12.1. The van der Waals surface area contributed by atoms with Gasteiger partial charge in [0.15, 0.2) is 0 Å². The average molecular weight is 341 g/mol. The zero-order chi connectivity index (χ0) is 16.9. The van der Waals surface area contributed by atoms with Gasteiger partial charge in [-0.2, -0.15) is 0 Å². The van der Waals surface area contributed by atoms with Crippen LogP contribution in [-0.4, -0.2) is 44.4 Å². The van der Waals surface area contributed by atoms with Crippen LogP contribution < -0.4 is 4.72 Å². The third kappa shape index (κ3) is 5.56. The van der Waals surface area contributed by atoms with Gasteiger partial charge in [-0.05, 0) is 25.5 Å². The minimum atomic E-state index is -3.43. The van der Waals surface area contributed by atoms with Gasteiger partial charge in [0.1, 0.15) is 0 Å². The maximum Gasteiger partial charge on any atom is 0.269 e. The van der Waals surface area contributed by atoms with Gasteiger partial charge in [0, 0.05) is 31.3 Å². The summed E-state index contributed by atoms with van der Waals surface area (Å²) < 4.78 is 26.7. The molecule has 0 aromatic heterocycles. The van der Waals surface area contributed by atoms with E-state index in [1.807, 2.05) is 7.05 Å². The highest BCUT2D eigenvalue weighted by atomic mass is 32.2. The predicted molar refractivity (Wildman–Crippen MR) is 88.6 cm³/mol. The fourth-order valence-electron chi connectivity index (χ4n) is 2.89. The topological polar surface area (TPSA) is 92.6 Å². The van der Waals surface area contributed by atoms with Gasteiger partial charge in [-0.1, -0.05) is 25.0 Å². The van der Waals surface area contributed by atoms with Gasteiger partial charge in [0.2, 0.25) is 10.0 Å². The number of non-ortho nitro benzene ring substituents is 1. The molecule has 0 spiro atoms. The van der Waals surface area contributed by atoms with Crippen LogP contribution >= 0.6 is 0 Å². The molecule has 7 nitrogen and oxygen atoms in total. The number of hydrogen-bond acceptors (Lipinski definition) is 5. The van der Waals surface area contributed by atoms with E-state index in [0.29, 0.717) is 24.7 Å². The molecule has 1 aliphatic rings. The third-order valence-electron chi connectivity index (χ3n) is 4.24. The summed E-state index contributed by atoms with van der Waals surface area (Å²) in [6.45, 7) is 1.06. The van der Waals surface area contributed by atoms with Crippen LogP contribution in [0.2, 0.25) is 0 Å². The molecule has 1 aliphatic carbocycles. The Labute approximate surface area is 136 Å². The molecule has 1 fully saturated rings. The fourth-order valence-corrected chi connectivity index (χ4v) is 4.03. The summed E-state index contributed by atoms with van der Waals surface area (Å²) in [4.78, 5) is 12.3. The highest BCUT2D eigenvalue weighted by Crippen LogP contribution is 2.21. The number of likely N-dealkylation sites (N-methyl/N-ethyl adjacent to an activating group) is 1. The summed E-state index contributed by atoms with van der Waals surface area (Å²) in [5.41, 5.74) is 0.490. The molecular weight excluding hydrogens is 318 g/mol. The van der Waals surface area contributed by atoms with E-state index >= 15 is 0 Å². The SMILES string of the molecule is CN(CCNS(=O)(=O)Cc1ccc([N+](=O)[O-])cc1)C1CCCC1. The van der Waals surface area contributed by atoms with Crippen molar-refractivity contribution in [2.24, 2.45) is 0 Å². The normalized spacial score (nSPS) is 16.1. The Morgan fingerprint density at radius 1 is 1.26 bits per heavy atom. The van der Waals surface area contributed by atoms with Crippen LogP contribution in [-0.2, 0) is 15.8 Å². The molecule has 1 N–H and O–H groups in total.